The van der Waals surface area contributed by atoms with Gasteiger partial charge in [0.15, 0.2) is 0 Å². The molecule has 15 heavy (non-hydrogen) atoms. The maximum Gasteiger partial charge on any atom is 0.122 e. The van der Waals surface area contributed by atoms with Gasteiger partial charge in [0, 0.05) is 10.8 Å². The van der Waals surface area contributed by atoms with Gasteiger partial charge in [0.1, 0.15) is 5.75 Å². The summed E-state index contributed by atoms with van der Waals surface area (Å²) in [5.41, 5.74) is 2.21. The third kappa shape index (κ3) is 3.32. The van der Waals surface area contributed by atoms with E-state index in [4.69, 9.17) is 16.3 Å². The summed E-state index contributed by atoms with van der Waals surface area (Å²) >= 11 is 10.3. The second kappa shape index (κ2) is 5.66. The fourth-order valence-electron chi connectivity index (χ4n) is 1.42. The number of hydrogen-bond donors (Lipinski definition) is 1. The first-order valence-corrected chi connectivity index (χ1v) is 6.11. The third-order valence-corrected chi connectivity index (χ3v) is 2.78. The molecule has 1 nitrogen and oxygen atoms in total. The Morgan fingerprint density at radius 1 is 1.40 bits per heavy atom. The van der Waals surface area contributed by atoms with Gasteiger partial charge >= 0.3 is 0 Å². The zero-order valence-corrected chi connectivity index (χ0v) is 11.0. The van der Waals surface area contributed by atoms with Crippen LogP contribution in [0.4, 0.5) is 0 Å². The summed E-state index contributed by atoms with van der Waals surface area (Å²) in [7, 11) is 0. The third-order valence-electron chi connectivity index (χ3n) is 2.27. The van der Waals surface area contributed by atoms with Gasteiger partial charge in [0.2, 0.25) is 0 Å². The predicted molar refractivity (Wildman–Crippen MR) is 69.6 cm³/mol. The van der Waals surface area contributed by atoms with Crippen LogP contribution in [-0.4, -0.2) is 12.4 Å². The summed E-state index contributed by atoms with van der Waals surface area (Å²) in [6.07, 6.45) is 0. The highest BCUT2D eigenvalue weighted by molar-refractivity contribution is 7.80. The minimum Gasteiger partial charge on any atom is -0.492 e. The number of rotatable bonds is 4. The molecule has 0 radical (unpaired) electrons. The molecule has 0 fully saturated rings. The summed E-state index contributed by atoms with van der Waals surface area (Å²) in [6, 6.07) is 4.00. The highest BCUT2D eigenvalue weighted by atomic mass is 35.5. The minimum atomic E-state index is 0.413. The topological polar surface area (TPSA) is 9.23 Å². The molecule has 0 bridgehead atoms. The second-order valence-corrected chi connectivity index (χ2v) is 4.72. The van der Waals surface area contributed by atoms with E-state index < -0.39 is 0 Å². The first kappa shape index (κ1) is 12.7. The van der Waals surface area contributed by atoms with Gasteiger partial charge < -0.3 is 4.74 Å². The lowest BCUT2D eigenvalue weighted by Gasteiger charge is -2.14. The lowest BCUT2D eigenvalue weighted by atomic mass is 10.0. The molecule has 0 aliphatic rings. The number of hydrogen-bond acceptors (Lipinski definition) is 2. The molecule has 0 N–H and O–H groups in total. The van der Waals surface area contributed by atoms with Crippen molar-refractivity contribution in [1.29, 1.82) is 0 Å². The molecule has 0 unspecified atom stereocenters. The lowest BCUT2D eigenvalue weighted by Crippen LogP contribution is -2.01. The van der Waals surface area contributed by atoms with Crippen LogP contribution in [0.25, 0.3) is 0 Å². The summed E-state index contributed by atoms with van der Waals surface area (Å²) in [5.74, 6) is 2.05. The van der Waals surface area contributed by atoms with Gasteiger partial charge in [-0.15, -0.1) is 0 Å². The van der Waals surface area contributed by atoms with E-state index in [-0.39, 0.29) is 0 Å². The second-order valence-electron chi connectivity index (χ2n) is 3.87. The number of benzene rings is 1. The predicted octanol–water partition coefficient (Wildman–Crippen LogP) is 4.08. The molecule has 0 aliphatic heterocycles. The van der Waals surface area contributed by atoms with Crippen LogP contribution in [0.5, 0.6) is 5.75 Å². The van der Waals surface area contributed by atoms with Crippen molar-refractivity contribution >= 4 is 24.2 Å². The number of aryl methyl sites for hydroxylation is 1. The van der Waals surface area contributed by atoms with Crippen LogP contribution in [0.15, 0.2) is 12.1 Å². The van der Waals surface area contributed by atoms with Gasteiger partial charge in [-0.3, -0.25) is 0 Å². The molecular formula is C12H17ClOS. The van der Waals surface area contributed by atoms with Crippen molar-refractivity contribution in [1.82, 2.24) is 0 Å². The standard InChI is InChI=1S/C12H17ClOS/c1-8(2)10-7-12(14-4-5-15)9(3)6-11(10)13/h6-8,15H,4-5H2,1-3H3. The molecule has 3 heteroatoms. The van der Waals surface area contributed by atoms with E-state index in [1.165, 1.54) is 0 Å². The van der Waals surface area contributed by atoms with Crippen molar-refractivity contribution in [2.75, 3.05) is 12.4 Å². The molecule has 0 saturated heterocycles. The Balaban J connectivity index is 3.00. The van der Waals surface area contributed by atoms with E-state index in [2.05, 4.69) is 26.5 Å². The molecule has 84 valence electrons. The van der Waals surface area contributed by atoms with E-state index in [9.17, 15) is 0 Å². The van der Waals surface area contributed by atoms with Gasteiger partial charge in [-0.05, 0) is 36.1 Å². The van der Waals surface area contributed by atoms with Crippen LogP contribution in [0.3, 0.4) is 0 Å². The average molecular weight is 245 g/mol. The Kier molecular flexibility index (Phi) is 4.81. The van der Waals surface area contributed by atoms with Crippen LogP contribution < -0.4 is 4.74 Å². The monoisotopic (exact) mass is 244 g/mol. The van der Waals surface area contributed by atoms with E-state index >= 15 is 0 Å². The largest absolute Gasteiger partial charge is 0.492 e. The zero-order chi connectivity index (χ0) is 11.4. The lowest BCUT2D eigenvalue weighted by molar-refractivity contribution is 0.341. The molecule has 0 aliphatic carbocycles. The van der Waals surface area contributed by atoms with Gasteiger partial charge in [0.05, 0.1) is 6.61 Å². The highest BCUT2D eigenvalue weighted by Gasteiger charge is 2.09. The van der Waals surface area contributed by atoms with E-state index in [0.717, 1.165) is 27.7 Å². The van der Waals surface area contributed by atoms with Crippen molar-refractivity contribution in [3.8, 4) is 5.75 Å². The molecular weight excluding hydrogens is 228 g/mol. The van der Waals surface area contributed by atoms with Crippen LogP contribution in [0, 0.1) is 6.92 Å². The van der Waals surface area contributed by atoms with Crippen molar-refractivity contribution < 1.29 is 4.74 Å². The molecule has 0 spiro atoms. The fraction of sp³-hybridized carbons (Fsp3) is 0.500. The maximum absolute atomic E-state index is 6.16. The zero-order valence-electron chi connectivity index (χ0n) is 9.38. The number of ether oxygens (including phenoxy) is 1. The average Bonchev–Trinajstić information content (AvgIpc) is 2.16. The molecule has 0 amide bonds. The first-order chi connectivity index (χ1) is 7.06. The quantitative estimate of drug-likeness (QED) is 0.786. The van der Waals surface area contributed by atoms with Gasteiger partial charge in [0.25, 0.3) is 0 Å². The van der Waals surface area contributed by atoms with E-state index in [1.54, 1.807) is 0 Å². The minimum absolute atomic E-state index is 0.413. The van der Waals surface area contributed by atoms with E-state index in [0.29, 0.717) is 12.5 Å². The van der Waals surface area contributed by atoms with Crippen LogP contribution >= 0.6 is 24.2 Å². The molecule has 0 saturated carbocycles. The Morgan fingerprint density at radius 2 is 2.07 bits per heavy atom. The van der Waals surface area contributed by atoms with Crippen molar-refractivity contribution in [3.63, 3.8) is 0 Å². The van der Waals surface area contributed by atoms with E-state index in [1.807, 2.05) is 19.1 Å². The highest BCUT2D eigenvalue weighted by Crippen LogP contribution is 2.31. The Bertz CT molecular complexity index is 337. The van der Waals surface area contributed by atoms with Crippen LogP contribution in [0.2, 0.25) is 5.02 Å². The van der Waals surface area contributed by atoms with Gasteiger partial charge in [-0.2, -0.15) is 12.6 Å². The number of thiol groups is 1. The van der Waals surface area contributed by atoms with Crippen molar-refractivity contribution in [2.45, 2.75) is 26.7 Å². The molecule has 1 aromatic carbocycles. The van der Waals surface area contributed by atoms with Crippen LogP contribution in [0.1, 0.15) is 30.9 Å². The smallest absolute Gasteiger partial charge is 0.122 e. The first-order valence-electron chi connectivity index (χ1n) is 5.10. The van der Waals surface area contributed by atoms with Gasteiger partial charge in [-0.1, -0.05) is 25.4 Å². The van der Waals surface area contributed by atoms with Gasteiger partial charge in [-0.25, -0.2) is 0 Å². The molecule has 0 heterocycles. The van der Waals surface area contributed by atoms with Crippen LogP contribution in [-0.2, 0) is 0 Å². The summed E-state index contributed by atoms with van der Waals surface area (Å²) in [4.78, 5) is 0. The molecule has 1 rings (SSSR count). The van der Waals surface area contributed by atoms with Crippen molar-refractivity contribution in [3.05, 3.63) is 28.3 Å². The molecule has 0 aromatic heterocycles. The summed E-state index contributed by atoms with van der Waals surface area (Å²) in [6.45, 7) is 6.88. The SMILES string of the molecule is Cc1cc(Cl)c(C(C)C)cc1OCCS. The molecule has 0 atom stereocenters. The normalized spacial score (nSPS) is 10.8. The summed E-state index contributed by atoms with van der Waals surface area (Å²) in [5, 5.41) is 0.820. The number of halogens is 1. The van der Waals surface area contributed by atoms with Crippen molar-refractivity contribution in [2.24, 2.45) is 0 Å². The summed E-state index contributed by atoms with van der Waals surface area (Å²) < 4.78 is 5.60. The molecule has 1 aromatic rings. The Labute approximate surface area is 102 Å². The Morgan fingerprint density at radius 3 is 2.60 bits per heavy atom. The Hall–Kier alpha value is -0.340. The fourth-order valence-corrected chi connectivity index (χ4v) is 1.95. The maximum atomic E-state index is 6.16.